The summed E-state index contributed by atoms with van der Waals surface area (Å²) in [6.45, 7) is 0. The van der Waals surface area contributed by atoms with Crippen LogP contribution in [0, 0.1) is 11.5 Å². The summed E-state index contributed by atoms with van der Waals surface area (Å²) in [5.74, 6) is 0. The largest absolute Gasteiger partial charge is 0.675 e. The lowest BCUT2D eigenvalue weighted by Gasteiger charge is -1.97. The van der Waals surface area contributed by atoms with E-state index in [1.54, 1.807) is 0 Å². The normalized spacial score (nSPS) is 15.4. The van der Waals surface area contributed by atoms with E-state index in [9.17, 15) is 17.9 Å². The molecule has 0 saturated carbocycles. The molecule has 2 unspecified atom stereocenters. The first kappa shape index (κ1) is 13.3. The zero-order valence-electron chi connectivity index (χ0n) is 5.86. The summed E-state index contributed by atoms with van der Waals surface area (Å²) in [6, 6.07) is 0. The van der Waals surface area contributed by atoms with Crippen LogP contribution in [0.2, 0.25) is 0 Å². The van der Waals surface area contributed by atoms with Crippen molar-refractivity contribution < 1.29 is 47.3 Å². The fraction of sp³-hybridized carbons (Fsp3) is 0. The Morgan fingerprint density at radius 1 is 1.36 bits per heavy atom. The zero-order valence-corrected chi connectivity index (χ0v) is 7.65. The van der Waals surface area contributed by atoms with Crippen LogP contribution in [0.25, 0.3) is 0 Å². The Labute approximate surface area is 74.9 Å². The van der Waals surface area contributed by atoms with Gasteiger partial charge in [-0.25, -0.2) is 9.45 Å². The number of halogens is 2. The van der Waals surface area contributed by atoms with Gasteiger partial charge in [-0.2, -0.15) is 0 Å². The summed E-state index contributed by atoms with van der Waals surface area (Å²) in [7, 11) is -9.18. The molecule has 0 bridgehead atoms. The molecule has 2 atom stereocenters. The third-order valence-electron chi connectivity index (χ3n) is 0.539. The Morgan fingerprint density at radius 2 is 1.93 bits per heavy atom. The van der Waals surface area contributed by atoms with Gasteiger partial charge in [-0.15, -0.1) is 5.26 Å². The van der Waals surface area contributed by atoms with Gasteiger partial charge < -0.3 is 0 Å². The van der Waals surface area contributed by atoms with Crippen LogP contribution in [-0.2, 0) is 38.5 Å². The van der Waals surface area contributed by atoms with Crippen molar-refractivity contribution in [3.63, 3.8) is 0 Å². The lowest BCUT2D eigenvalue weighted by Crippen LogP contribution is -1.93. The highest BCUT2D eigenvalue weighted by Crippen LogP contribution is 2.71. The van der Waals surface area contributed by atoms with Gasteiger partial charge in [-0.3, -0.25) is 0 Å². The van der Waals surface area contributed by atoms with Crippen LogP contribution >= 0.6 is 15.1 Å². The Kier molecular flexibility index (Phi) is 6.35. The average Bonchev–Trinajstić information content (AvgIpc) is 2.15. The molecule has 0 aliphatic heterocycles. The van der Waals surface area contributed by atoms with Crippen LogP contribution in [0.4, 0.5) is 8.72 Å². The van der Waals surface area contributed by atoms with Crippen molar-refractivity contribution in [3.05, 3.63) is 0 Å². The molecule has 0 aromatic heterocycles. The monoisotopic (exact) mass is 254 g/mol. The van der Waals surface area contributed by atoms with Gasteiger partial charge in [0.1, 0.15) is 0 Å². The molecule has 13 heteroatoms. The van der Waals surface area contributed by atoms with Gasteiger partial charge >= 0.3 is 21.3 Å². The molecule has 14 heavy (non-hydrogen) atoms. The predicted octanol–water partition coefficient (Wildman–Crippen LogP) is 1.93. The summed E-state index contributed by atoms with van der Waals surface area (Å²) >= 11 is 0. The van der Waals surface area contributed by atoms with Crippen LogP contribution < -0.4 is 0 Å². The average molecular weight is 254 g/mol. The molecular formula is CF2NO8P2+. The maximum Gasteiger partial charge on any atom is 0.675 e. The molecule has 0 aromatic carbocycles. The number of nitrogens with zero attached hydrogens (tertiary/aromatic N) is 1. The van der Waals surface area contributed by atoms with Gasteiger partial charge in [-0.1, -0.05) is 9.35 Å². The minimum atomic E-state index is -5.08. The minimum Gasteiger partial charge on any atom is -0.223 e. The quantitative estimate of drug-likeness (QED) is 0.221. The maximum atomic E-state index is 12.0. The molecule has 9 nitrogen and oxygen atoms in total. The number of rotatable bonds is 7. The zero-order chi connectivity index (χ0) is 11.0. The Balaban J connectivity index is 4.19. The van der Waals surface area contributed by atoms with Gasteiger partial charge in [0.15, 0.2) is 0 Å². The van der Waals surface area contributed by atoms with Crippen LogP contribution in [0.5, 0.6) is 0 Å². The molecule has 0 rings (SSSR count). The molecule has 0 saturated heterocycles. The van der Waals surface area contributed by atoms with E-state index in [2.05, 4.69) is 29.4 Å². The third-order valence-corrected chi connectivity index (χ3v) is 2.98. The van der Waals surface area contributed by atoms with Gasteiger partial charge in [-0.05, 0) is 14.1 Å². The molecular weight excluding hydrogens is 254 g/mol. The van der Waals surface area contributed by atoms with E-state index in [0.29, 0.717) is 0 Å². The fourth-order valence-corrected chi connectivity index (χ4v) is 0.998. The molecule has 0 aliphatic rings. The van der Waals surface area contributed by atoms with Crippen molar-refractivity contribution in [3.8, 4) is 6.26 Å². The van der Waals surface area contributed by atoms with Gasteiger partial charge in [0, 0.05) is 10.1 Å². The molecule has 0 radical (unpaired) electrons. The first-order chi connectivity index (χ1) is 6.56. The van der Waals surface area contributed by atoms with Crippen LogP contribution in [0.15, 0.2) is 0 Å². The minimum absolute atomic E-state index is 0.848. The predicted molar refractivity (Wildman–Crippen MR) is 29.6 cm³/mol. The Morgan fingerprint density at radius 3 is 2.36 bits per heavy atom. The van der Waals surface area contributed by atoms with Crippen molar-refractivity contribution in [1.82, 2.24) is 0 Å². The summed E-state index contributed by atoms with van der Waals surface area (Å²) in [6.07, 6.45) is 0.848. The SMILES string of the molecule is N#COOOP(=O)(OOOF)[P+](=O)F. The molecule has 0 fully saturated rings. The number of nitriles is 1. The molecule has 0 amide bonds. The van der Waals surface area contributed by atoms with E-state index in [-0.39, 0.29) is 0 Å². The van der Waals surface area contributed by atoms with Gasteiger partial charge in [0.05, 0.1) is 4.20 Å². The highest BCUT2D eigenvalue weighted by atomic mass is 32.1. The second-order valence-electron chi connectivity index (χ2n) is 1.22. The summed E-state index contributed by atoms with van der Waals surface area (Å²) in [5.41, 5.74) is 0. The number of hydrogen-bond donors (Lipinski definition) is 0. The molecule has 0 N–H and O–H groups in total. The Hall–Kier alpha value is -0.720. The second kappa shape index (κ2) is 6.69. The van der Waals surface area contributed by atoms with Crippen molar-refractivity contribution in [2.45, 2.75) is 0 Å². The first-order valence-corrected chi connectivity index (χ1v) is 5.75. The van der Waals surface area contributed by atoms with Crippen LogP contribution in [-0.4, -0.2) is 0 Å². The highest BCUT2D eigenvalue weighted by Gasteiger charge is 2.56. The van der Waals surface area contributed by atoms with E-state index in [1.165, 1.54) is 0 Å². The molecule has 0 heterocycles. The Bertz CT molecular complexity index is 275. The smallest absolute Gasteiger partial charge is 0.223 e. The lowest BCUT2D eigenvalue weighted by molar-refractivity contribution is -0.559. The van der Waals surface area contributed by atoms with E-state index in [1.807, 2.05) is 0 Å². The van der Waals surface area contributed by atoms with Gasteiger partial charge in [0.2, 0.25) is 0 Å². The summed E-state index contributed by atoms with van der Waals surface area (Å²) in [5, 5.41) is 16.1. The van der Waals surface area contributed by atoms with Crippen molar-refractivity contribution in [2.75, 3.05) is 0 Å². The summed E-state index contributed by atoms with van der Waals surface area (Å²) < 4.78 is 50.3. The number of hydrogen-bond acceptors (Lipinski definition) is 9. The van der Waals surface area contributed by atoms with E-state index in [4.69, 9.17) is 5.26 Å². The molecule has 0 aromatic rings. The van der Waals surface area contributed by atoms with Crippen molar-refractivity contribution in [2.24, 2.45) is 0 Å². The lowest BCUT2D eigenvalue weighted by atomic mass is 11.6. The maximum absolute atomic E-state index is 12.0. The first-order valence-electron chi connectivity index (χ1n) is 2.35. The highest BCUT2D eigenvalue weighted by molar-refractivity contribution is 8.20. The standard InChI is InChI=1S/CF2NO8P2/c2-8-10-12-14(6,13(3)5)11-9-7-1-4/q+1. The molecule has 0 spiro atoms. The summed E-state index contributed by atoms with van der Waals surface area (Å²) in [4.78, 5) is 3.31. The van der Waals surface area contributed by atoms with Crippen molar-refractivity contribution in [1.29, 1.82) is 5.26 Å². The van der Waals surface area contributed by atoms with Crippen LogP contribution in [0.3, 0.4) is 0 Å². The molecule has 80 valence electrons. The van der Waals surface area contributed by atoms with E-state index in [0.717, 1.165) is 6.26 Å². The fourth-order valence-electron chi connectivity index (χ4n) is 0.184. The van der Waals surface area contributed by atoms with E-state index >= 15 is 0 Å². The van der Waals surface area contributed by atoms with E-state index < -0.39 is 15.1 Å². The second-order valence-corrected chi connectivity index (χ2v) is 5.32. The molecule has 0 aliphatic carbocycles. The van der Waals surface area contributed by atoms with Crippen LogP contribution in [0.1, 0.15) is 0 Å². The van der Waals surface area contributed by atoms with Gasteiger partial charge in [0.25, 0.3) is 0 Å². The topological polar surface area (TPSA) is 113 Å². The van der Waals surface area contributed by atoms with Crippen molar-refractivity contribution >= 4 is 15.1 Å². The third kappa shape index (κ3) is 4.50.